The van der Waals surface area contributed by atoms with Crippen molar-refractivity contribution in [3.63, 3.8) is 0 Å². The van der Waals surface area contributed by atoms with E-state index >= 15 is 0 Å². The molecule has 0 aromatic heterocycles. The number of aryl methyl sites for hydroxylation is 1. The van der Waals surface area contributed by atoms with Crippen LogP contribution < -0.4 is 9.80 Å². The molecule has 1 saturated heterocycles. The lowest BCUT2D eigenvalue weighted by molar-refractivity contribution is -0.132. The first-order valence-corrected chi connectivity index (χ1v) is 9.77. The number of benzene rings is 2. The van der Waals surface area contributed by atoms with E-state index in [0.29, 0.717) is 0 Å². The highest BCUT2D eigenvalue weighted by Gasteiger charge is 2.31. The van der Waals surface area contributed by atoms with Gasteiger partial charge < -0.3 is 14.7 Å². The van der Waals surface area contributed by atoms with E-state index < -0.39 is 0 Å². The van der Waals surface area contributed by atoms with Crippen LogP contribution in [0.1, 0.15) is 18.9 Å². The highest BCUT2D eigenvalue weighted by Crippen LogP contribution is 2.30. The first-order valence-electron chi connectivity index (χ1n) is 9.77. The molecule has 2 aromatic carbocycles. The molecule has 4 nitrogen and oxygen atoms in total. The van der Waals surface area contributed by atoms with Gasteiger partial charge >= 0.3 is 0 Å². The van der Waals surface area contributed by atoms with Gasteiger partial charge in [0.2, 0.25) is 5.91 Å². The Kier molecular flexibility index (Phi) is 5.01. The van der Waals surface area contributed by atoms with Crippen molar-refractivity contribution >= 4 is 17.3 Å². The van der Waals surface area contributed by atoms with Crippen LogP contribution in [-0.2, 0) is 11.2 Å². The van der Waals surface area contributed by atoms with Gasteiger partial charge in [-0.2, -0.15) is 0 Å². The fraction of sp³-hybridized carbons (Fsp3) is 0.409. The lowest BCUT2D eigenvalue weighted by Gasteiger charge is -2.41. The summed E-state index contributed by atoms with van der Waals surface area (Å²) in [5.41, 5.74) is 3.23. The smallest absolute Gasteiger partial charge is 0.245 e. The lowest BCUT2D eigenvalue weighted by Crippen LogP contribution is -2.55. The zero-order valence-corrected chi connectivity index (χ0v) is 15.8. The molecule has 27 heavy (non-hydrogen) atoms. The van der Waals surface area contributed by atoms with Gasteiger partial charge in [0, 0.05) is 44.1 Å². The van der Waals surface area contributed by atoms with Crippen molar-refractivity contribution in [3.05, 3.63) is 59.9 Å². The van der Waals surface area contributed by atoms with E-state index in [9.17, 15) is 9.18 Å². The molecule has 1 amide bonds. The maximum Gasteiger partial charge on any atom is 0.245 e. The normalized spacial score (nSPS) is 18.2. The molecule has 0 saturated carbocycles. The highest BCUT2D eigenvalue weighted by atomic mass is 19.1. The Labute approximate surface area is 160 Å². The van der Waals surface area contributed by atoms with Crippen LogP contribution in [0.3, 0.4) is 0 Å². The topological polar surface area (TPSA) is 26.8 Å². The summed E-state index contributed by atoms with van der Waals surface area (Å²) in [5.74, 6) is -0.0356. The van der Waals surface area contributed by atoms with Crippen LogP contribution in [0.4, 0.5) is 15.8 Å². The van der Waals surface area contributed by atoms with Gasteiger partial charge in [-0.1, -0.05) is 18.2 Å². The van der Waals surface area contributed by atoms with Crippen LogP contribution in [-0.4, -0.2) is 49.6 Å². The zero-order valence-electron chi connectivity index (χ0n) is 15.8. The summed E-state index contributed by atoms with van der Waals surface area (Å²) in [6.07, 6.45) is 1.83. The minimum absolute atomic E-state index is 0.167. The standard InChI is InChI=1S/C22H26FN3O/c1-17(26-11-5-6-18-16-19(23)9-10-21(18)26)22(27)25-14-12-24(13-15-25)20-7-3-2-4-8-20/h2-4,7-10,16-17H,5-6,11-15H2,1H3. The average Bonchev–Trinajstić information content (AvgIpc) is 2.73. The van der Waals surface area contributed by atoms with E-state index in [1.807, 2.05) is 36.1 Å². The summed E-state index contributed by atoms with van der Waals surface area (Å²) >= 11 is 0. The lowest BCUT2D eigenvalue weighted by atomic mass is 9.99. The quantitative estimate of drug-likeness (QED) is 0.833. The molecule has 2 aromatic rings. The fourth-order valence-corrected chi connectivity index (χ4v) is 4.22. The molecule has 2 aliphatic heterocycles. The monoisotopic (exact) mass is 367 g/mol. The molecule has 5 heteroatoms. The molecule has 0 radical (unpaired) electrons. The van der Waals surface area contributed by atoms with Gasteiger partial charge in [0.1, 0.15) is 11.9 Å². The van der Waals surface area contributed by atoms with Gasteiger partial charge in [-0.05, 0) is 55.7 Å². The first-order chi connectivity index (χ1) is 13.1. The Morgan fingerprint density at radius 1 is 1.00 bits per heavy atom. The predicted molar refractivity (Wildman–Crippen MR) is 107 cm³/mol. The molecular weight excluding hydrogens is 341 g/mol. The van der Waals surface area contributed by atoms with Gasteiger partial charge in [0.25, 0.3) is 0 Å². The number of rotatable bonds is 3. The number of halogens is 1. The number of hydrogen-bond donors (Lipinski definition) is 0. The Morgan fingerprint density at radius 2 is 1.74 bits per heavy atom. The van der Waals surface area contributed by atoms with E-state index in [1.165, 1.54) is 11.8 Å². The van der Waals surface area contributed by atoms with E-state index in [2.05, 4.69) is 21.9 Å². The van der Waals surface area contributed by atoms with Crippen molar-refractivity contribution in [2.24, 2.45) is 0 Å². The van der Waals surface area contributed by atoms with E-state index in [0.717, 1.165) is 56.8 Å². The molecule has 0 N–H and O–H groups in total. The summed E-state index contributed by atoms with van der Waals surface area (Å²) in [4.78, 5) is 19.6. The van der Waals surface area contributed by atoms with Crippen molar-refractivity contribution < 1.29 is 9.18 Å². The Hall–Kier alpha value is -2.56. The minimum atomic E-state index is -0.224. The highest BCUT2D eigenvalue weighted by molar-refractivity contribution is 5.85. The number of amides is 1. The SMILES string of the molecule is CC(C(=O)N1CCN(c2ccccc2)CC1)N1CCCc2cc(F)ccc21. The molecular formula is C22H26FN3O. The molecule has 0 spiro atoms. The van der Waals surface area contributed by atoms with Crippen LogP contribution in [0.2, 0.25) is 0 Å². The number of hydrogen-bond acceptors (Lipinski definition) is 3. The molecule has 142 valence electrons. The molecule has 0 bridgehead atoms. The number of anilines is 2. The summed E-state index contributed by atoms with van der Waals surface area (Å²) in [6.45, 7) is 6.00. The summed E-state index contributed by atoms with van der Waals surface area (Å²) < 4.78 is 13.6. The van der Waals surface area contributed by atoms with Crippen molar-refractivity contribution in [1.82, 2.24) is 4.90 Å². The largest absolute Gasteiger partial charge is 0.368 e. The maximum atomic E-state index is 13.6. The first kappa shape index (κ1) is 17.8. The Morgan fingerprint density at radius 3 is 2.48 bits per heavy atom. The van der Waals surface area contributed by atoms with Crippen LogP contribution in [0, 0.1) is 5.82 Å². The zero-order chi connectivity index (χ0) is 18.8. The number of carbonyl (C=O) groups is 1. The minimum Gasteiger partial charge on any atom is -0.368 e. The number of fused-ring (bicyclic) bond motifs is 1. The van der Waals surface area contributed by atoms with Gasteiger partial charge in [-0.15, -0.1) is 0 Å². The average molecular weight is 367 g/mol. The predicted octanol–water partition coefficient (Wildman–Crippen LogP) is 3.32. The van der Waals surface area contributed by atoms with Gasteiger partial charge in [-0.25, -0.2) is 4.39 Å². The number of carbonyl (C=O) groups excluding carboxylic acids is 1. The second-order valence-electron chi connectivity index (χ2n) is 7.39. The third-order valence-corrected chi connectivity index (χ3v) is 5.73. The molecule has 0 aliphatic carbocycles. The van der Waals surface area contributed by atoms with Crippen molar-refractivity contribution in [3.8, 4) is 0 Å². The maximum absolute atomic E-state index is 13.6. The van der Waals surface area contributed by atoms with Crippen LogP contribution in [0.25, 0.3) is 0 Å². The Balaban J connectivity index is 1.42. The number of para-hydroxylation sites is 1. The number of nitrogens with zero attached hydrogens (tertiary/aromatic N) is 3. The van der Waals surface area contributed by atoms with E-state index in [-0.39, 0.29) is 17.8 Å². The fourth-order valence-electron chi connectivity index (χ4n) is 4.22. The van der Waals surface area contributed by atoms with Gasteiger partial charge in [0.05, 0.1) is 0 Å². The summed E-state index contributed by atoms with van der Waals surface area (Å²) in [5, 5.41) is 0. The summed E-state index contributed by atoms with van der Waals surface area (Å²) in [7, 11) is 0. The van der Waals surface area contributed by atoms with Gasteiger partial charge in [0.15, 0.2) is 0 Å². The van der Waals surface area contributed by atoms with E-state index in [1.54, 1.807) is 6.07 Å². The molecule has 1 unspecified atom stereocenters. The second-order valence-corrected chi connectivity index (χ2v) is 7.39. The van der Waals surface area contributed by atoms with E-state index in [4.69, 9.17) is 0 Å². The van der Waals surface area contributed by atoms with Crippen molar-refractivity contribution in [1.29, 1.82) is 0 Å². The van der Waals surface area contributed by atoms with Crippen LogP contribution >= 0.6 is 0 Å². The molecule has 4 rings (SSSR count). The third kappa shape index (κ3) is 3.64. The van der Waals surface area contributed by atoms with Crippen LogP contribution in [0.15, 0.2) is 48.5 Å². The van der Waals surface area contributed by atoms with Gasteiger partial charge in [-0.3, -0.25) is 4.79 Å². The molecule has 2 aliphatic rings. The van der Waals surface area contributed by atoms with Crippen LogP contribution in [0.5, 0.6) is 0 Å². The van der Waals surface area contributed by atoms with Crippen molar-refractivity contribution in [2.45, 2.75) is 25.8 Å². The molecule has 1 atom stereocenters. The Bertz CT molecular complexity index is 802. The summed E-state index contributed by atoms with van der Waals surface area (Å²) in [6, 6.07) is 15.0. The van der Waals surface area contributed by atoms with Crippen molar-refractivity contribution in [2.75, 3.05) is 42.5 Å². The third-order valence-electron chi connectivity index (χ3n) is 5.73. The number of piperazine rings is 1. The molecule has 2 heterocycles. The molecule has 1 fully saturated rings. The second kappa shape index (κ2) is 7.59.